The average molecular weight is 255 g/mol. The van der Waals surface area contributed by atoms with Gasteiger partial charge < -0.3 is 0 Å². The van der Waals surface area contributed by atoms with Gasteiger partial charge >= 0.3 is 0 Å². The fourth-order valence-electron chi connectivity index (χ4n) is 1.82. The molecule has 0 N–H and O–H groups in total. The van der Waals surface area contributed by atoms with Crippen molar-refractivity contribution < 1.29 is 13.6 Å². The number of nitrogens with zero attached hydrogens (tertiary/aromatic N) is 1. The number of likely N-dealkylation sites (N-methyl/N-ethyl adjacent to an activating group) is 1. The van der Waals surface area contributed by atoms with Crippen LogP contribution in [0.15, 0.2) is 18.2 Å². The summed E-state index contributed by atoms with van der Waals surface area (Å²) in [5.41, 5.74) is -0.175. The van der Waals surface area contributed by atoms with E-state index in [1.54, 1.807) is 0 Å². The quantitative estimate of drug-likeness (QED) is 0.727. The first-order chi connectivity index (χ1) is 8.45. The van der Waals surface area contributed by atoms with Crippen molar-refractivity contribution in [2.75, 3.05) is 13.6 Å². The average Bonchev–Trinajstić information content (AvgIpc) is 2.32. The number of halogens is 2. The van der Waals surface area contributed by atoms with Crippen molar-refractivity contribution >= 4 is 5.78 Å². The van der Waals surface area contributed by atoms with E-state index in [0.717, 1.165) is 31.0 Å². The Morgan fingerprint density at radius 1 is 1.39 bits per heavy atom. The Morgan fingerprint density at radius 3 is 2.67 bits per heavy atom. The molecule has 1 aromatic rings. The highest BCUT2D eigenvalue weighted by molar-refractivity contribution is 5.97. The van der Waals surface area contributed by atoms with Crippen LogP contribution in [0.5, 0.6) is 0 Å². The van der Waals surface area contributed by atoms with Gasteiger partial charge in [-0.3, -0.25) is 9.69 Å². The van der Waals surface area contributed by atoms with Crippen LogP contribution >= 0.6 is 0 Å². The van der Waals surface area contributed by atoms with E-state index in [0.29, 0.717) is 0 Å². The molecule has 1 aromatic carbocycles. The molecule has 100 valence electrons. The zero-order valence-electron chi connectivity index (χ0n) is 11.0. The SMILES string of the molecule is CCCC(C)N(C)CC(=O)c1cc(F)ccc1F. The summed E-state index contributed by atoms with van der Waals surface area (Å²) in [6.07, 6.45) is 1.99. The van der Waals surface area contributed by atoms with Gasteiger partial charge in [0, 0.05) is 6.04 Å². The molecule has 2 nitrogen and oxygen atoms in total. The number of carbonyl (C=O) groups excluding carboxylic acids is 1. The molecule has 18 heavy (non-hydrogen) atoms. The minimum absolute atomic E-state index is 0.0987. The third kappa shape index (κ3) is 3.88. The maximum absolute atomic E-state index is 13.4. The fraction of sp³-hybridized carbons (Fsp3) is 0.500. The molecular weight excluding hydrogens is 236 g/mol. The predicted molar refractivity (Wildman–Crippen MR) is 67.7 cm³/mol. The number of carbonyl (C=O) groups is 1. The summed E-state index contributed by atoms with van der Waals surface area (Å²) in [6, 6.07) is 3.19. The molecule has 0 heterocycles. The molecule has 4 heteroatoms. The number of rotatable bonds is 6. The molecule has 0 aromatic heterocycles. The lowest BCUT2D eigenvalue weighted by Crippen LogP contribution is -2.34. The Labute approximate surface area is 107 Å². The highest BCUT2D eigenvalue weighted by atomic mass is 19.1. The summed E-state index contributed by atoms with van der Waals surface area (Å²) in [5.74, 6) is -1.65. The van der Waals surface area contributed by atoms with E-state index in [-0.39, 0.29) is 18.2 Å². The van der Waals surface area contributed by atoms with Crippen molar-refractivity contribution in [1.82, 2.24) is 4.90 Å². The Hall–Kier alpha value is -1.29. The van der Waals surface area contributed by atoms with E-state index in [1.807, 2.05) is 18.9 Å². The fourth-order valence-corrected chi connectivity index (χ4v) is 1.82. The van der Waals surface area contributed by atoms with E-state index < -0.39 is 17.4 Å². The number of hydrogen-bond donors (Lipinski definition) is 0. The van der Waals surface area contributed by atoms with Crippen LogP contribution in [0.4, 0.5) is 8.78 Å². The zero-order chi connectivity index (χ0) is 13.7. The summed E-state index contributed by atoms with van der Waals surface area (Å²) in [7, 11) is 1.81. The van der Waals surface area contributed by atoms with Crippen molar-refractivity contribution in [2.24, 2.45) is 0 Å². The molecule has 0 spiro atoms. The van der Waals surface area contributed by atoms with E-state index in [9.17, 15) is 13.6 Å². The standard InChI is InChI=1S/C14H19F2NO/c1-4-5-10(2)17(3)9-14(18)12-8-11(15)6-7-13(12)16/h6-8,10H,4-5,9H2,1-3H3. The summed E-state index contributed by atoms with van der Waals surface area (Å²) >= 11 is 0. The molecular formula is C14H19F2NO. The van der Waals surface area contributed by atoms with Crippen LogP contribution in [0, 0.1) is 11.6 Å². The summed E-state index contributed by atoms with van der Waals surface area (Å²) in [6.45, 7) is 4.18. The van der Waals surface area contributed by atoms with Crippen LogP contribution < -0.4 is 0 Å². The van der Waals surface area contributed by atoms with Gasteiger partial charge in [0.25, 0.3) is 0 Å². The van der Waals surface area contributed by atoms with Crippen LogP contribution in [0.3, 0.4) is 0 Å². The second kappa shape index (κ2) is 6.59. The van der Waals surface area contributed by atoms with Gasteiger partial charge in [0.05, 0.1) is 12.1 Å². The molecule has 1 atom stereocenters. The molecule has 0 saturated carbocycles. The number of ketones is 1. The monoisotopic (exact) mass is 255 g/mol. The van der Waals surface area contributed by atoms with Crippen LogP contribution in [-0.2, 0) is 0 Å². The van der Waals surface area contributed by atoms with Crippen molar-refractivity contribution in [3.63, 3.8) is 0 Å². The lowest BCUT2D eigenvalue weighted by molar-refractivity contribution is 0.0917. The van der Waals surface area contributed by atoms with Gasteiger partial charge in [0.15, 0.2) is 5.78 Å². The van der Waals surface area contributed by atoms with E-state index >= 15 is 0 Å². The molecule has 0 amide bonds. The van der Waals surface area contributed by atoms with E-state index in [1.165, 1.54) is 0 Å². The van der Waals surface area contributed by atoms with Crippen molar-refractivity contribution in [3.8, 4) is 0 Å². The number of hydrogen-bond acceptors (Lipinski definition) is 2. The predicted octanol–water partition coefficient (Wildman–Crippen LogP) is 3.27. The first kappa shape index (κ1) is 14.8. The Kier molecular flexibility index (Phi) is 5.41. The molecule has 0 aliphatic carbocycles. The maximum atomic E-state index is 13.4. The third-order valence-electron chi connectivity index (χ3n) is 3.08. The topological polar surface area (TPSA) is 20.3 Å². The normalized spacial score (nSPS) is 12.8. The molecule has 0 aliphatic rings. The van der Waals surface area contributed by atoms with Gasteiger partial charge in [0.2, 0.25) is 0 Å². The maximum Gasteiger partial charge on any atom is 0.179 e. The van der Waals surface area contributed by atoms with Crippen molar-refractivity contribution in [3.05, 3.63) is 35.4 Å². The number of benzene rings is 1. The zero-order valence-corrected chi connectivity index (χ0v) is 11.0. The highest BCUT2D eigenvalue weighted by Gasteiger charge is 2.17. The van der Waals surface area contributed by atoms with Gasteiger partial charge in [-0.1, -0.05) is 13.3 Å². The molecule has 0 fully saturated rings. The summed E-state index contributed by atoms with van der Waals surface area (Å²) in [4.78, 5) is 13.7. The van der Waals surface area contributed by atoms with Crippen LogP contribution in [-0.4, -0.2) is 30.3 Å². The molecule has 0 radical (unpaired) electrons. The van der Waals surface area contributed by atoms with E-state index in [2.05, 4.69) is 6.92 Å². The van der Waals surface area contributed by atoms with Gasteiger partial charge in [-0.15, -0.1) is 0 Å². The van der Waals surface area contributed by atoms with Crippen LogP contribution in [0.1, 0.15) is 37.0 Å². The van der Waals surface area contributed by atoms with Gasteiger partial charge in [0.1, 0.15) is 11.6 Å². The molecule has 0 bridgehead atoms. The first-order valence-corrected chi connectivity index (χ1v) is 6.14. The highest BCUT2D eigenvalue weighted by Crippen LogP contribution is 2.12. The Balaban J connectivity index is 2.73. The second-order valence-corrected chi connectivity index (χ2v) is 4.60. The minimum Gasteiger partial charge on any atom is -0.296 e. The summed E-state index contributed by atoms with van der Waals surface area (Å²) in [5, 5.41) is 0. The van der Waals surface area contributed by atoms with Crippen LogP contribution in [0.25, 0.3) is 0 Å². The van der Waals surface area contributed by atoms with Gasteiger partial charge in [-0.2, -0.15) is 0 Å². The first-order valence-electron chi connectivity index (χ1n) is 6.14. The minimum atomic E-state index is -0.669. The smallest absolute Gasteiger partial charge is 0.179 e. The molecule has 0 aliphatic heterocycles. The second-order valence-electron chi connectivity index (χ2n) is 4.60. The lowest BCUT2D eigenvalue weighted by Gasteiger charge is -2.23. The molecule has 1 rings (SSSR count). The molecule has 1 unspecified atom stereocenters. The van der Waals surface area contributed by atoms with Gasteiger partial charge in [-0.05, 0) is 38.6 Å². The molecule has 0 saturated heterocycles. The van der Waals surface area contributed by atoms with Crippen molar-refractivity contribution in [2.45, 2.75) is 32.7 Å². The Bertz CT molecular complexity index is 420. The van der Waals surface area contributed by atoms with Crippen molar-refractivity contribution in [1.29, 1.82) is 0 Å². The number of Topliss-reactive ketones (excluding diaryl/α,β-unsaturated/α-hetero) is 1. The Morgan fingerprint density at radius 2 is 2.06 bits per heavy atom. The summed E-state index contributed by atoms with van der Waals surface area (Å²) < 4.78 is 26.4. The van der Waals surface area contributed by atoms with Crippen LogP contribution in [0.2, 0.25) is 0 Å². The lowest BCUT2D eigenvalue weighted by atomic mass is 10.1. The third-order valence-corrected chi connectivity index (χ3v) is 3.08. The van der Waals surface area contributed by atoms with Gasteiger partial charge in [-0.25, -0.2) is 8.78 Å². The largest absolute Gasteiger partial charge is 0.296 e. The van der Waals surface area contributed by atoms with E-state index in [4.69, 9.17) is 0 Å².